The number of aromatic amines is 1. The van der Waals surface area contributed by atoms with E-state index in [-0.39, 0.29) is 43.9 Å². The van der Waals surface area contributed by atoms with Crippen LogP contribution in [0, 0.1) is 29.6 Å². The van der Waals surface area contributed by atoms with Gasteiger partial charge in [-0.1, -0.05) is 75.7 Å². The number of aliphatic carboxylic acids is 2. The fourth-order valence-corrected chi connectivity index (χ4v) is 10.2. The molecule has 26 N–H and O–H groups in total. The van der Waals surface area contributed by atoms with Crippen LogP contribution >= 0.6 is 0 Å². The summed E-state index contributed by atoms with van der Waals surface area (Å²) in [5, 5.41) is 103. The summed E-state index contributed by atoms with van der Waals surface area (Å²) >= 11 is 0. The number of nitrogens with zero attached hydrogens (tertiary/aromatic N) is 1. The number of carboxylic acids is 2. The molecule has 42 nitrogen and oxygen atoms in total. The minimum Gasteiger partial charge on any atom is -0.481 e. The van der Waals surface area contributed by atoms with E-state index in [0.717, 1.165) is 20.8 Å². The Balaban J connectivity index is 3.25. The molecule has 42 heteroatoms. The molecular weight excluding hydrogens is 1430 g/mol. The zero-order valence-electron chi connectivity index (χ0n) is 63.1. The quantitative estimate of drug-likeness (QED) is 0.0288. The number of carboxylic acid groups (broad SMARTS) is 2. The van der Waals surface area contributed by atoms with Crippen molar-refractivity contribution in [3.05, 3.63) is 18.2 Å². The molecule has 1 rings (SSSR count). The number of H-pyrrole nitrogens is 1. The number of hydrogen-bond acceptors (Lipinski definition) is 24. The number of imidazole rings is 1. The van der Waals surface area contributed by atoms with E-state index in [9.17, 15) is 117 Å². The lowest BCUT2D eigenvalue weighted by atomic mass is 9.98. The van der Waals surface area contributed by atoms with Gasteiger partial charge in [0.25, 0.3) is 0 Å². The third-order valence-corrected chi connectivity index (χ3v) is 16.4. The van der Waals surface area contributed by atoms with Crippen LogP contribution in [0.1, 0.15) is 141 Å². The van der Waals surface area contributed by atoms with E-state index in [4.69, 9.17) is 11.5 Å². The summed E-state index contributed by atoms with van der Waals surface area (Å²) in [5.74, 6) is -22.0. The van der Waals surface area contributed by atoms with E-state index >= 15 is 0 Å². The smallest absolute Gasteiger partial charge is 0.326 e. The van der Waals surface area contributed by atoms with Crippen molar-refractivity contribution in [3.8, 4) is 0 Å². The maximum Gasteiger partial charge on any atom is 0.326 e. The van der Waals surface area contributed by atoms with Crippen LogP contribution in [0.2, 0.25) is 0 Å². The standard InChI is InChI=1S/C66H112N18O24/c1-15-31(10)50(80-46(92)24-70-54(95)40(20-44(67)90)75-55(96)37(16-27(2)3)74-56(97)39(19-36-22-69-26-72-36)77-62(103)49(30(8)9)81-60(101)48(68)32(11)86)61(102)71-23-45(91)73-43(25-85)59(100)84-52(34(13)88)63(104)76-38(17-28(4)5)57(98)82-51(33(12)87)64(105)78-41(21-47(93)94)58(99)83-53(35(14)89)65(106)79-42(66(107)108)18-29(6)7/h22,26-35,37-43,48-53,85-89H,15-21,23-25,68H2,1-14H3,(H2,67,90)(H,69,72)(H,70,95)(H,71,102)(H,73,91)(H,74,97)(H,75,96)(H,76,104)(H,77,103)(H,78,105)(H,79,106)(H,80,92)(H,81,101)(H,82,98)(H,83,99)(H,84,100)(H,93,94)(H,107,108)/t31-,32+,33+,34+,35+,37-,38-,39-,40-,41-,42-,43-,48-,49-,50-,51-,52-,53-/m0/s1. The summed E-state index contributed by atoms with van der Waals surface area (Å²) < 4.78 is 0. The maximum absolute atomic E-state index is 14.1. The van der Waals surface area contributed by atoms with E-state index in [0.29, 0.717) is 5.69 Å². The molecule has 610 valence electrons. The number of nitrogens with one attached hydrogen (secondary N) is 15. The van der Waals surface area contributed by atoms with Crippen LogP contribution in [0.5, 0.6) is 0 Å². The lowest BCUT2D eigenvalue weighted by molar-refractivity contribution is -0.144. The van der Waals surface area contributed by atoms with Crippen LogP contribution in [0.25, 0.3) is 0 Å². The number of hydrogen-bond donors (Lipinski definition) is 24. The van der Waals surface area contributed by atoms with E-state index in [1.807, 2.05) is 0 Å². The highest BCUT2D eigenvalue weighted by atomic mass is 16.4. The molecule has 0 saturated heterocycles. The van der Waals surface area contributed by atoms with Crippen LogP contribution in [0.15, 0.2) is 12.5 Å². The van der Waals surface area contributed by atoms with Crippen molar-refractivity contribution in [1.82, 2.24) is 84.4 Å². The first-order valence-corrected chi connectivity index (χ1v) is 35.1. The van der Waals surface area contributed by atoms with Crippen LogP contribution in [0.4, 0.5) is 0 Å². The van der Waals surface area contributed by atoms with Gasteiger partial charge in [0.1, 0.15) is 78.5 Å². The fourth-order valence-electron chi connectivity index (χ4n) is 10.2. The topological polar surface area (TPSA) is 681 Å². The van der Waals surface area contributed by atoms with Gasteiger partial charge in [0.15, 0.2) is 0 Å². The molecule has 0 unspecified atom stereocenters. The van der Waals surface area contributed by atoms with Gasteiger partial charge in [-0.05, 0) is 76.5 Å². The Morgan fingerprint density at radius 3 is 1.19 bits per heavy atom. The summed E-state index contributed by atoms with van der Waals surface area (Å²) in [6.07, 6.45) is -6.26. The third-order valence-electron chi connectivity index (χ3n) is 16.4. The Bertz CT molecular complexity index is 3240. The zero-order valence-corrected chi connectivity index (χ0v) is 63.1. The number of rotatable bonds is 49. The molecule has 0 fully saturated rings. The average molecular weight is 1540 g/mol. The molecule has 0 saturated carbocycles. The minimum absolute atomic E-state index is 0.0591. The first kappa shape index (κ1) is 96.0. The van der Waals surface area contributed by atoms with Gasteiger partial charge in [0.2, 0.25) is 88.6 Å². The third kappa shape index (κ3) is 34.2. The molecule has 0 radical (unpaired) electrons. The molecule has 1 aromatic rings. The van der Waals surface area contributed by atoms with Gasteiger partial charge in [-0.15, -0.1) is 0 Å². The molecule has 0 bridgehead atoms. The number of carbonyl (C=O) groups is 17. The number of carbonyl (C=O) groups excluding carboxylic acids is 15. The van der Waals surface area contributed by atoms with Crippen molar-refractivity contribution in [3.63, 3.8) is 0 Å². The van der Waals surface area contributed by atoms with Crippen molar-refractivity contribution >= 4 is 101 Å². The van der Waals surface area contributed by atoms with Crippen LogP contribution in [-0.4, -0.2) is 269 Å². The normalized spacial score (nSPS) is 16.4. The fraction of sp³-hybridized carbons (Fsp3) is 0.697. The Morgan fingerprint density at radius 2 is 0.787 bits per heavy atom. The first-order chi connectivity index (χ1) is 50.1. The van der Waals surface area contributed by atoms with Gasteiger partial charge in [0.05, 0.1) is 63.3 Å². The van der Waals surface area contributed by atoms with Crippen molar-refractivity contribution in [1.29, 1.82) is 0 Å². The van der Waals surface area contributed by atoms with Gasteiger partial charge in [-0.25, -0.2) is 9.78 Å². The lowest BCUT2D eigenvalue weighted by Gasteiger charge is -2.29. The number of aliphatic hydroxyl groups excluding tert-OH is 5. The molecule has 1 heterocycles. The summed E-state index contributed by atoms with van der Waals surface area (Å²) in [4.78, 5) is 233. The Kier molecular flexibility index (Phi) is 41.7. The number of nitrogens with two attached hydrogens (primary N) is 2. The molecule has 0 spiro atoms. The SMILES string of the molecule is CC[C@H](C)[C@H](NC(=O)CNC(=O)[C@H](CC(N)=O)NC(=O)[C@H](CC(C)C)NC(=O)[C@H](Cc1cnc[nH]1)NC(=O)[C@@H](NC(=O)[C@@H](N)[C@@H](C)O)C(C)C)C(=O)NCC(=O)N[C@@H](CO)C(=O)N[C@H](C(=O)N[C@@H](CC(C)C)C(=O)N[C@H](C(=O)N[C@@H](CC(=O)O)C(=O)N[C@H](C(=O)N[C@@H](CC(C)C)C(=O)O)[C@@H](C)O)[C@@H](C)O)[C@@H](C)O. The zero-order chi connectivity index (χ0) is 82.9. The highest BCUT2D eigenvalue weighted by molar-refractivity contribution is 6.01. The molecule has 1 aromatic heterocycles. The number of aromatic nitrogens is 2. The summed E-state index contributed by atoms with van der Waals surface area (Å²) in [5.41, 5.74) is 11.6. The van der Waals surface area contributed by atoms with Crippen LogP contribution in [-0.2, 0) is 87.9 Å². The van der Waals surface area contributed by atoms with Gasteiger partial charge in [-0.3, -0.25) is 76.7 Å². The number of aliphatic hydroxyl groups is 5. The van der Waals surface area contributed by atoms with E-state index in [1.54, 1.807) is 62.3 Å². The first-order valence-electron chi connectivity index (χ1n) is 35.1. The monoisotopic (exact) mass is 1540 g/mol. The molecule has 108 heavy (non-hydrogen) atoms. The predicted octanol–water partition coefficient (Wildman–Crippen LogP) is -8.88. The summed E-state index contributed by atoms with van der Waals surface area (Å²) in [6.45, 7) is 17.7. The summed E-state index contributed by atoms with van der Waals surface area (Å²) in [6, 6.07) is -21.7. The Hall–Kier alpha value is -10.0. The predicted molar refractivity (Wildman–Crippen MR) is 380 cm³/mol. The largest absolute Gasteiger partial charge is 0.481 e. The Labute approximate surface area is 624 Å². The van der Waals surface area contributed by atoms with Gasteiger partial charge in [0, 0.05) is 18.3 Å². The summed E-state index contributed by atoms with van der Waals surface area (Å²) in [7, 11) is 0. The molecule has 0 aliphatic carbocycles. The van der Waals surface area contributed by atoms with Crippen molar-refractivity contribution in [2.75, 3.05) is 19.7 Å². The molecule has 18 atom stereocenters. The second-order valence-electron chi connectivity index (χ2n) is 28.0. The lowest BCUT2D eigenvalue weighted by Crippen LogP contribution is -2.63. The van der Waals surface area contributed by atoms with Crippen molar-refractivity contribution < 1.29 is 117 Å². The molecule has 0 aliphatic heterocycles. The van der Waals surface area contributed by atoms with E-state index < -0.39 is 254 Å². The van der Waals surface area contributed by atoms with Gasteiger partial charge >= 0.3 is 11.9 Å². The Morgan fingerprint density at radius 1 is 0.417 bits per heavy atom. The van der Waals surface area contributed by atoms with E-state index in [2.05, 4.69) is 84.4 Å². The highest BCUT2D eigenvalue weighted by Crippen LogP contribution is 2.14. The number of primary amides is 1. The van der Waals surface area contributed by atoms with Gasteiger partial charge in [-0.2, -0.15) is 0 Å². The average Bonchev–Trinajstić information content (AvgIpc) is 1.16. The van der Waals surface area contributed by atoms with E-state index in [1.165, 1.54) is 26.4 Å². The highest BCUT2D eigenvalue weighted by Gasteiger charge is 2.40. The van der Waals surface area contributed by atoms with Crippen molar-refractivity contribution in [2.24, 2.45) is 41.1 Å². The van der Waals surface area contributed by atoms with Gasteiger partial charge < -0.3 is 127 Å². The maximum atomic E-state index is 14.1. The van der Waals surface area contributed by atoms with Crippen LogP contribution < -0.4 is 85.9 Å². The number of amides is 15. The second-order valence-corrected chi connectivity index (χ2v) is 28.0. The molecule has 0 aliphatic rings. The minimum atomic E-state index is -2.07. The van der Waals surface area contributed by atoms with Crippen molar-refractivity contribution in [2.45, 2.75) is 245 Å². The second kappa shape index (κ2) is 46.9. The molecule has 0 aromatic carbocycles. The molecule has 15 amide bonds. The molecular formula is C66H112N18O24. The van der Waals surface area contributed by atoms with Crippen LogP contribution in [0.3, 0.4) is 0 Å².